The summed E-state index contributed by atoms with van der Waals surface area (Å²) in [4.78, 5) is 27.2. The Hall–Kier alpha value is -2.49. The second kappa shape index (κ2) is 7.26. The van der Waals surface area contributed by atoms with Crippen LogP contribution in [0.1, 0.15) is 40.4 Å². The minimum absolute atomic E-state index is 0.237. The van der Waals surface area contributed by atoms with E-state index in [9.17, 15) is 27.2 Å². The Labute approximate surface area is 159 Å². The van der Waals surface area contributed by atoms with Crippen molar-refractivity contribution in [2.24, 2.45) is 0 Å². The molecule has 1 saturated carbocycles. The summed E-state index contributed by atoms with van der Waals surface area (Å²) in [5, 5.41) is 3.71. The van der Waals surface area contributed by atoms with Crippen LogP contribution in [0.2, 0.25) is 0 Å². The molecular weight excluding hydrogens is 434 g/mol. The Morgan fingerprint density at radius 3 is 2.56 bits per heavy atom. The molecule has 1 aliphatic rings. The summed E-state index contributed by atoms with van der Waals surface area (Å²) in [7, 11) is 0. The summed E-state index contributed by atoms with van der Waals surface area (Å²) < 4.78 is 53.4. The van der Waals surface area contributed by atoms with Gasteiger partial charge in [0, 0.05) is 10.7 Å². The summed E-state index contributed by atoms with van der Waals surface area (Å²) in [6.45, 7) is 0. The van der Waals surface area contributed by atoms with Crippen LogP contribution in [0.5, 0.6) is 0 Å². The van der Waals surface area contributed by atoms with E-state index in [4.69, 9.17) is 0 Å². The van der Waals surface area contributed by atoms with Gasteiger partial charge in [0.2, 0.25) is 0 Å². The van der Waals surface area contributed by atoms with E-state index >= 15 is 0 Å². The summed E-state index contributed by atoms with van der Waals surface area (Å²) >= 11 is 3.26. The number of carbonyl (C=O) groups is 2. The standard InChI is InChI=1S/C17H12BrF4N3O2/c18-11-6-10(12(19)7-9(11)8-3-4-8)15(26)25-16(27)24-13-2-1-5-23-14(13)17(20,21)22/h1-2,5-8H,3-4H2,(H2,24,25,26,27). The highest BCUT2D eigenvalue weighted by atomic mass is 79.9. The number of aromatic nitrogens is 1. The number of alkyl halides is 3. The van der Waals surface area contributed by atoms with Gasteiger partial charge in [0.15, 0.2) is 5.69 Å². The topological polar surface area (TPSA) is 71.1 Å². The first kappa shape index (κ1) is 19.3. The lowest BCUT2D eigenvalue weighted by atomic mass is 10.1. The molecule has 0 bridgehead atoms. The van der Waals surface area contributed by atoms with Gasteiger partial charge in [-0.25, -0.2) is 14.2 Å². The second-order valence-corrected chi connectivity index (χ2v) is 6.79. The van der Waals surface area contributed by atoms with E-state index in [1.54, 1.807) is 0 Å². The molecule has 0 aliphatic heterocycles. The molecule has 1 fully saturated rings. The molecular formula is C17H12BrF4N3O2. The van der Waals surface area contributed by atoms with E-state index in [2.05, 4.69) is 20.9 Å². The van der Waals surface area contributed by atoms with Crippen LogP contribution in [-0.4, -0.2) is 16.9 Å². The average Bonchev–Trinajstić information content (AvgIpc) is 3.40. The molecule has 10 heteroatoms. The van der Waals surface area contributed by atoms with Crippen molar-refractivity contribution in [2.45, 2.75) is 24.9 Å². The third-order valence-electron chi connectivity index (χ3n) is 3.90. The molecule has 0 radical (unpaired) electrons. The lowest BCUT2D eigenvalue weighted by molar-refractivity contribution is -0.140. The first-order valence-corrected chi connectivity index (χ1v) is 8.59. The predicted molar refractivity (Wildman–Crippen MR) is 91.8 cm³/mol. The Morgan fingerprint density at radius 2 is 1.93 bits per heavy atom. The molecule has 2 N–H and O–H groups in total. The number of benzene rings is 1. The fourth-order valence-electron chi connectivity index (χ4n) is 2.50. The van der Waals surface area contributed by atoms with Gasteiger partial charge in [-0.1, -0.05) is 15.9 Å². The van der Waals surface area contributed by atoms with Crippen molar-refractivity contribution in [1.29, 1.82) is 0 Å². The lowest BCUT2D eigenvalue weighted by Crippen LogP contribution is -2.35. The highest BCUT2D eigenvalue weighted by molar-refractivity contribution is 9.10. The minimum atomic E-state index is -4.79. The van der Waals surface area contributed by atoms with Gasteiger partial charge in [0.05, 0.1) is 11.3 Å². The van der Waals surface area contributed by atoms with Crippen molar-refractivity contribution in [1.82, 2.24) is 10.3 Å². The van der Waals surface area contributed by atoms with Crippen LogP contribution in [0, 0.1) is 5.82 Å². The minimum Gasteiger partial charge on any atom is -0.306 e. The fraction of sp³-hybridized carbons (Fsp3) is 0.235. The molecule has 0 spiro atoms. The molecule has 5 nitrogen and oxygen atoms in total. The zero-order valence-electron chi connectivity index (χ0n) is 13.5. The SMILES string of the molecule is O=C(NC(=O)c1cc(Br)c(C2CC2)cc1F)Nc1cccnc1C(F)(F)F. The normalized spacial score (nSPS) is 14.0. The van der Waals surface area contributed by atoms with Crippen LogP contribution in [-0.2, 0) is 6.18 Å². The van der Waals surface area contributed by atoms with Crippen molar-refractivity contribution < 1.29 is 27.2 Å². The maximum Gasteiger partial charge on any atom is 0.435 e. The number of hydrogen-bond donors (Lipinski definition) is 2. The number of hydrogen-bond acceptors (Lipinski definition) is 3. The monoisotopic (exact) mass is 445 g/mol. The first-order chi connectivity index (χ1) is 12.7. The highest BCUT2D eigenvalue weighted by Gasteiger charge is 2.36. The zero-order valence-corrected chi connectivity index (χ0v) is 15.1. The molecule has 1 aromatic carbocycles. The molecule has 1 aliphatic carbocycles. The van der Waals surface area contributed by atoms with Crippen LogP contribution in [0.4, 0.5) is 28.0 Å². The molecule has 0 atom stereocenters. The summed E-state index contributed by atoms with van der Waals surface area (Å²) in [6.07, 6.45) is -2.01. The molecule has 3 amide bonds. The van der Waals surface area contributed by atoms with Crippen molar-refractivity contribution in [2.75, 3.05) is 5.32 Å². The third kappa shape index (κ3) is 4.44. The van der Waals surface area contributed by atoms with Gasteiger partial charge in [-0.3, -0.25) is 10.1 Å². The first-order valence-electron chi connectivity index (χ1n) is 7.80. The third-order valence-corrected chi connectivity index (χ3v) is 4.59. The predicted octanol–water partition coefficient (Wildman–Crippen LogP) is 4.84. The number of rotatable bonds is 3. The maximum atomic E-state index is 14.2. The van der Waals surface area contributed by atoms with Gasteiger partial charge in [0.25, 0.3) is 5.91 Å². The number of anilines is 1. The van der Waals surface area contributed by atoms with Crippen LogP contribution < -0.4 is 10.6 Å². The molecule has 2 aromatic rings. The van der Waals surface area contributed by atoms with E-state index in [0.717, 1.165) is 30.7 Å². The molecule has 3 rings (SSSR count). The van der Waals surface area contributed by atoms with Crippen LogP contribution >= 0.6 is 15.9 Å². The van der Waals surface area contributed by atoms with Crippen molar-refractivity contribution in [3.63, 3.8) is 0 Å². The highest BCUT2D eigenvalue weighted by Crippen LogP contribution is 2.43. The van der Waals surface area contributed by atoms with E-state index in [1.165, 1.54) is 18.2 Å². The van der Waals surface area contributed by atoms with Crippen molar-refractivity contribution >= 4 is 33.6 Å². The summed E-state index contributed by atoms with van der Waals surface area (Å²) in [5.41, 5.74) is -1.60. The van der Waals surface area contributed by atoms with E-state index in [-0.39, 0.29) is 5.92 Å². The van der Waals surface area contributed by atoms with Crippen molar-refractivity contribution in [3.05, 3.63) is 57.6 Å². The van der Waals surface area contributed by atoms with Crippen molar-refractivity contribution in [3.8, 4) is 0 Å². The molecule has 1 aromatic heterocycles. The van der Waals surface area contributed by atoms with Crippen LogP contribution in [0.3, 0.4) is 0 Å². The summed E-state index contributed by atoms with van der Waals surface area (Å²) in [6, 6.07) is 3.41. The van der Waals surface area contributed by atoms with E-state index in [1.807, 2.05) is 10.6 Å². The number of urea groups is 1. The molecule has 142 valence electrons. The molecule has 27 heavy (non-hydrogen) atoms. The quantitative estimate of drug-likeness (QED) is 0.663. The van der Waals surface area contributed by atoms with Gasteiger partial charge in [-0.05, 0) is 48.6 Å². The van der Waals surface area contributed by atoms with Crippen LogP contribution in [0.25, 0.3) is 0 Å². The van der Waals surface area contributed by atoms with Gasteiger partial charge in [-0.15, -0.1) is 0 Å². The van der Waals surface area contributed by atoms with Gasteiger partial charge in [-0.2, -0.15) is 13.2 Å². The van der Waals surface area contributed by atoms with E-state index < -0.39 is 40.9 Å². The fourth-order valence-corrected chi connectivity index (χ4v) is 3.17. The zero-order chi connectivity index (χ0) is 19.8. The number of pyridine rings is 1. The molecule has 0 unspecified atom stereocenters. The smallest absolute Gasteiger partial charge is 0.306 e. The Kier molecular flexibility index (Phi) is 5.18. The largest absolute Gasteiger partial charge is 0.435 e. The van der Waals surface area contributed by atoms with Crippen LogP contribution in [0.15, 0.2) is 34.9 Å². The number of halogens is 5. The summed E-state index contributed by atoms with van der Waals surface area (Å²) in [5.74, 6) is -1.66. The molecule has 0 saturated heterocycles. The number of nitrogens with zero attached hydrogens (tertiary/aromatic N) is 1. The Balaban J connectivity index is 1.74. The number of carbonyl (C=O) groups excluding carboxylic acids is 2. The lowest BCUT2D eigenvalue weighted by Gasteiger charge is -2.13. The number of imide groups is 1. The van der Waals surface area contributed by atoms with Gasteiger partial charge < -0.3 is 5.32 Å². The number of amides is 3. The van der Waals surface area contributed by atoms with Gasteiger partial charge >= 0.3 is 12.2 Å². The number of nitrogens with one attached hydrogen (secondary N) is 2. The Bertz CT molecular complexity index is 914. The van der Waals surface area contributed by atoms with Gasteiger partial charge in [0.1, 0.15) is 5.82 Å². The Morgan fingerprint density at radius 1 is 1.22 bits per heavy atom. The maximum absolute atomic E-state index is 14.2. The average molecular weight is 446 g/mol. The molecule has 1 heterocycles. The van der Waals surface area contributed by atoms with E-state index in [0.29, 0.717) is 4.47 Å². The second-order valence-electron chi connectivity index (χ2n) is 5.93.